The van der Waals surface area contributed by atoms with Crippen molar-refractivity contribution in [3.8, 4) is 0 Å². The fraction of sp³-hybridized carbons (Fsp3) is 0.714. The van der Waals surface area contributed by atoms with Crippen LogP contribution in [0.2, 0.25) is 12.1 Å². The molecule has 1 heteroatoms. The highest BCUT2D eigenvalue weighted by Crippen LogP contribution is 2.25. The topological polar surface area (TPSA) is 0 Å². The highest BCUT2D eigenvalue weighted by molar-refractivity contribution is 6.37. The van der Waals surface area contributed by atoms with Gasteiger partial charge in [-0.15, -0.1) is 0 Å². The number of hydrogen-bond donors (Lipinski definition) is 0. The largest absolute Gasteiger partial charge is 0.114 e. The molecule has 1 aliphatic heterocycles. The molecule has 1 radical (unpaired) electrons. The molecule has 0 aromatic heterocycles. The second-order valence-electron chi connectivity index (χ2n) is 2.71. The van der Waals surface area contributed by atoms with Crippen molar-refractivity contribution < 1.29 is 0 Å². The van der Waals surface area contributed by atoms with Crippen LogP contribution in [0.15, 0.2) is 12.2 Å². The molecule has 1 atom stereocenters. The Morgan fingerprint density at radius 2 is 2.50 bits per heavy atom. The summed E-state index contributed by atoms with van der Waals surface area (Å²) in [7, 11) is 2.38. The van der Waals surface area contributed by atoms with Gasteiger partial charge in [0.15, 0.2) is 0 Å². The molecule has 0 nitrogen and oxygen atoms in total. The van der Waals surface area contributed by atoms with Gasteiger partial charge in [-0.3, -0.25) is 0 Å². The van der Waals surface area contributed by atoms with Crippen molar-refractivity contribution in [3.63, 3.8) is 0 Å². The standard InChI is InChI=1S/C7H12B/c1-6-3-4-8-7(2)5-6/h7H,1,3-5H2,2H3. The van der Waals surface area contributed by atoms with Crippen LogP contribution in [0.1, 0.15) is 19.8 Å². The Bertz CT molecular complexity index is 96.6. The van der Waals surface area contributed by atoms with Gasteiger partial charge in [0.05, 0.1) is 0 Å². The summed E-state index contributed by atoms with van der Waals surface area (Å²) >= 11 is 0. The van der Waals surface area contributed by atoms with E-state index in [0.717, 1.165) is 5.82 Å². The van der Waals surface area contributed by atoms with Gasteiger partial charge in [-0.05, 0) is 12.8 Å². The quantitative estimate of drug-likeness (QED) is 0.329. The molecule has 0 aromatic carbocycles. The Balaban J connectivity index is 2.34. The average Bonchev–Trinajstić information content (AvgIpc) is 1.64. The first kappa shape index (κ1) is 5.93. The normalized spacial score (nSPS) is 29.6. The van der Waals surface area contributed by atoms with Gasteiger partial charge in [-0.2, -0.15) is 0 Å². The zero-order chi connectivity index (χ0) is 5.98. The first-order valence-corrected chi connectivity index (χ1v) is 3.29. The van der Waals surface area contributed by atoms with Gasteiger partial charge in [-0.25, -0.2) is 0 Å². The predicted octanol–water partition coefficient (Wildman–Crippen LogP) is 2.27. The van der Waals surface area contributed by atoms with Crippen LogP contribution in [0.25, 0.3) is 0 Å². The van der Waals surface area contributed by atoms with E-state index in [1.807, 2.05) is 0 Å². The monoisotopic (exact) mass is 107 g/mol. The Labute approximate surface area is 52.2 Å². The average molecular weight is 107 g/mol. The van der Waals surface area contributed by atoms with Crippen molar-refractivity contribution in [2.24, 2.45) is 0 Å². The van der Waals surface area contributed by atoms with Gasteiger partial charge in [0.1, 0.15) is 7.28 Å². The molecule has 0 aromatic rings. The zero-order valence-corrected chi connectivity index (χ0v) is 5.48. The third kappa shape index (κ3) is 1.39. The van der Waals surface area contributed by atoms with E-state index in [9.17, 15) is 0 Å². The minimum absolute atomic E-state index is 0.788. The Hall–Kier alpha value is -0.195. The van der Waals surface area contributed by atoms with Crippen LogP contribution in [0.3, 0.4) is 0 Å². The summed E-state index contributed by atoms with van der Waals surface area (Å²) in [6, 6.07) is 0. The summed E-state index contributed by atoms with van der Waals surface area (Å²) in [6.07, 6.45) is 3.70. The van der Waals surface area contributed by atoms with Crippen LogP contribution in [-0.4, -0.2) is 7.28 Å². The molecule has 0 aliphatic carbocycles. The van der Waals surface area contributed by atoms with Crippen LogP contribution in [-0.2, 0) is 0 Å². The second-order valence-corrected chi connectivity index (χ2v) is 2.71. The molecule has 0 bridgehead atoms. The first-order chi connectivity index (χ1) is 3.79. The van der Waals surface area contributed by atoms with E-state index in [2.05, 4.69) is 20.8 Å². The molecule has 0 amide bonds. The predicted molar refractivity (Wildman–Crippen MR) is 38.4 cm³/mol. The molecule has 8 heavy (non-hydrogen) atoms. The summed E-state index contributed by atoms with van der Waals surface area (Å²) in [4.78, 5) is 0. The fourth-order valence-corrected chi connectivity index (χ4v) is 1.21. The molecule has 43 valence electrons. The third-order valence-electron chi connectivity index (χ3n) is 1.68. The lowest BCUT2D eigenvalue weighted by Crippen LogP contribution is -2.06. The Morgan fingerprint density at radius 3 is 2.88 bits per heavy atom. The van der Waals surface area contributed by atoms with Crippen LogP contribution < -0.4 is 0 Å². The summed E-state index contributed by atoms with van der Waals surface area (Å²) in [5, 5.41) is 0. The molecule has 0 saturated carbocycles. The minimum Gasteiger partial charge on any atom is -0.0999 e. The highest BCUT2D eigenvalue weighted by atomic mass is 14.0. The van der Waals surface area contributed by atoms with Crippen molar-refractivity contribution in [2.45, 2.75) is 31.9 Å². The van der Waals surface area contributed by atoms with Crippen molar-refractivity contribution >= 4 is 7.28 Å². The lowest BCUT2D eigenvalue weighted by molar-refractivity contribution is 0.806. The summed E-state index contributed by atoms with van der Waals surface area (Å²) in [5.41, 5.74) is 1.43. The second kappa shape index (κ2) is 2.39. The number of rotatable bonds is 0. The molecular weight excluding hydrogens is 94.9 g/mol. The van der Waals surface area contributed by atoms with Crippen LogP contribution in [0.4, 0.5) is 0 Å². The summed E-state index contributed by atoms with van der Waals surface area (Å²) in [5.74, 6) is 0.788. The zero-order valence-electron chi connectivity index (χ0n) is 5.48. The molecule has 1 fully saturated rings. The smallest absolute Gasteiger partial charge is 0.0999 e. The maximum absolute atomic E-state index is 3.94. The first-order valence-electron chi connectivity index (χ1n) is 3.29. The molecule has 1 heterocycles. The van der Waals surface area contributed by atoms with Gasteiger partial charge < -0.3 is 0 Å². The van der Waals surface area contributed by atoms with E-state index in [0.29, 0.717) is 0 Å². The SMILES string of the molecule is C=C1CC[B]C(C)C1. The van der Waals surface area contributed by atoms with E-state index in [1.165, 1.54) is 24.7 Å². The van der Waals surface area contributed by atoms with Crippen LogP contribution in [0, 0.1) is 0 Å². The van der Waals surface area contributed by atoms with Gasteiger partial charge in [0, 0.05) is 0 Å². The van der Waals surface area contributed by atoms with Crippen molar-refractivity contribution in [1.29, 1.82) is 0 Å². The highest BCUT2D eigenvalue weighted by Gasteiger charge is 2.10. The van der Waals surface area contributed by atoms with E-state index in [4.69, 9.17) is 0 Å². The van der Waals surface area contributed by atoms with Crippen molar-refractivity contribution in [1.82, 2.24) is 0 Å². The van der Waals surface area contributed by atoms with E-state index >= 15 is 0 Å². The van der Waals surface area contributed by atoms with Crippen molar-refractivity contribution in [3.05, 3.63) is 12.2 Å². The fourth-order valence-electron chi connectivity index (χ4n) is 1.21. The number of allylic oxidation sites excluding steroid dienone is 1. The summed E-state index contributed by atoms with van der Waals surface area (Å²) < 4.78 is 0. The van der Waals surface area contributed by atoms with Crippen LogP contribution in [0.5, 0.6) is 0 Å². The minimum atomic E-state index is 0.788. The lowest BCUT2D eigenvalue weighted by Gasteiger charge is -2.17. The van der Waals surface area contributed by atoms with Crippen LogP contribution >= 0.6 is 0 Å². The molecule has 1 unspecified atom stereocenters. The molecule has 1 rings (SSSR count). The van der Waals surface area contributed by atoms with E-state index in [-0.39, 0.29) is 0 Å². The van der Waals surface area contributed by atoms with Gasteiger partial charge in [0.2, 0.25) is 0 Å². The van der Waals surface area contributed by atoms with Gasteiger partial charge in [0.25, 0.3) is 0 Å². The van der Waals surface area contributed by atoms with E-state index < -0.39 is 0 Å². The molecule has 0 spiro atoms. The maximum Gasteiger partial charge on any atom is 0.114 e. The van der Waals surface area contributed by atoms with E-state index in [1.54, 1.807) is 0 Å². The van der Waals surface area contributed by atoms with Crippen molar-refractivity contribution in [2.75, 3.05) is 0 Å². The third-order valence-corrected chi connectivity index (χ3v) is 1.68. The Morgan fingerprint density at radius 1 is 1.75 bits per heavy atom. The lowest BCUT2D eigenvalue weighted by atomic mass is 9.56. The molecule has 1 aliphatic rings. The van der Waals surface area contributed by atoms with Gasteiger partial charge in [-0.1, -0.05) is 31.2 Å². The maximum atomic E-state index is 3.94. The van der Waals surface area contributed by atoms with Gasteiger partial charge >= 0.3 is 0 Å². The molecule has 0 N–H and O–H groups in total. The molecule has 1 saturated heterocycles. The number of hydrogen-bond acceptors (Lipinski definition) is 0. The summed E-state index contributed by atoms with van der Waals surface area (Å²) in [6.45, 7) is 6.20. The Kier molecular flexibility index (Phi) is 1.77. The molecular formula is C7H12B.